The van der Waals surface area contributed by atoms with Crippen molar-refractivity contribution in [3.63, 3.8) is 0 Å². The number of halogens is 1. The number of anilines is 1. The second-order valence-electron chi connectivity index (χ2n) is 5.31. The number of rotatable bonds is 2. The van der Waals surface area contributed by atoms with Crippen molar-refractivity contribution in [1.29, 1.82) is 0 Å². The quantitative estimate of drug-likeness (QED) is 0.450. The lowest BCUT2D eigenvalue weighted by atomic mass is 10.1. The van der Waals surface area contributed by atoms with Crippen LogP contribution in [0.4, 0.5) is 10.5 Å². The Morgan fingerprint density at radius 3 is 2.33 bits per heavy atom. The van der Waals surface area contributed by atoms with Gasteiger partial charge in [0.05, 0.1) is 5.69 Å². The number of imide groups is 2. The number of carbonyl (C=O) groups is 3. The molecule has 0 spiro atoms. The average Bonchev–Trinajstić information content (AvgIpc) is 2.54. The van der Waals surface area contributed by atoms with E-state index in [2.05, 4.69) is 27.9 Å². The maximum absolute atomic E-state index is 12.7. The smallest absolute Gasteiger partial charge is 0.273 e. The molecule has 0 atom stereocenters. The Morgan fingerprint density at radius 1 is 1.00 bits per heavy atom. The fourth-order valence-electron chi connectivity index (χ4n) is 2.33. The summed E-state index contributed by atoms with van der Waals surface area (Å²) >= 11 is 2.13. The molecule has 3 rings (SSSR count). The molecule has 0 radical (unpaired) electrons. The Hall–Kier alpha value is -2.48. The maximum Gasteiger partial charge on any atom is 0.335 e. The Bertz CT molecular complexity index is 872. The minimum Gasteiger partial charge on any atom is -0.273 e. The summed E-state index contributed by atoms with van der Waals surface area (Å²) in [7, 11) is 0. The molecule has 2 aromatic rings. The van der Waals surface area contributed by atoms with E-state index in [1.807, 2.05) is 31.2 Å². The van der Waals surface area contributed by atoms with E-state index in [9.17, 15) is 14.4 Å². The van der Waals surface area contributed by atoms with Crippen LogP contribution in [0.15, 0.2) is 54.1 Å². The van der Waals surface area contributed by atoms with Crippen LogP contribution in [0.3, 0.4) is 0 Å². The van der Waals surface area contributed by atoms with Gasteiger partial charge in [-0.25, -0.2) is 9.69 Å². The fraction of sp³-hybridized carbons (Fsp3) is 0.0556. The summed E-state index contributed by atoms with van der Waals surface area (Å²) in [6.07, 6.45) is 1.51. The standard InChI is InChI=1S/C18H13IN2O3/c1-11-6-8-13(9-7-11)21-17(23)14(16(22)20-18(21)24)10-12-4-2-3-5-15(12)19/h2-10H,1H3,(H,20,22,24)/b14-10+. The molecular formula is C18H13IN2O3. The molecular weight excluding hydrogens is 419 g/mol. The van der Waals surface area contributed by atoms with Gasteiger partial charge in [-0.1, -0.05) is 35.9 Å². The number of urea groups is 1. The molecule has 0 unspecified atom stereocenters. The molecule has 0 saturated carbocycles. The predicted octanol–water partition coefficient (Wildman–Crippen LogP) is 3.27. The van der Waals surface area contributed by atoms with Crippen molar-refractivity contribution in [2.45, 2.75) is 6.92 Å². The molecule has 6 heteroatoms. The molecule has 2 aromatic carbocycles. The highest BCUT2D eigenvalue weighted by molar-refractivity contribution is 14.1. The van der Waals surface area contributed by atoms with Gasteiger partial charge in [-0.05, 0) is 59.4 Å². The molecule has 0 aliphatic carbocycles. The first-order valence-electron chi connectivity index (χ1n) is 7.20. The summed E-state index contributed by atoms with van der Waals surface area (Å²) in [5.41, 5.74) is 2.10. The number of nitrogens with one attached hydrogen (secondary N) is 1. The summed E-state index contributed by atoms with van der Waals surface area (Å²) in [5.74, 6) is -1.32. The van der Waals surface area contributed by atoms with Gasteiger partial charge in [-0.15, -0.1) is 0 Å². The molecule has 1 aliphatic rings. The van der Waals surface area contributed by atoms with Crippen LogP contribution in [-0.4, -0.2) is 17.8 Å². The van der Waals surface area contributed by atoms with Crippen molar-refractivity contribution in [3.8, 4) is 0 Å². The number of nitrogens with zero attached hydrogens (tertiary/aromatic N) is 1. The largest absolute Gasteiger partial charge is 0.335 e. The summed E-state index contributed by atoms with van der Waals surface area (Å²) in [4.78, 5) is 37.9. The highest BCUT2D eigenvalue weighted by Gasteiger charge is 2.36. The monoisotopic (exact) mass is 432 g/mol. The molecule has 0 bridgehead atoms. The third-order valence-corrected chi connectivity index (χ3v) is 4.58. The van der Waals surface area contributed by atoms with E-state index in [4.69, 9.17) is 0 Å². The molecule has 120 valence electrons. The average molecular weight is 432 g/mol. The fourth-order valence-corrected chi connectivity index (χ4v) is 2.88. The van der Waals surface area contributed by atoms with Crippen molar-refractivity contribution in [2.75, 3.05) is 4.90 Å². The molecule has 0 aromatic heterocycles. The molecule has 4 amide bonds. The predicted molar refractivity (Wildman–Crippen MR) is 99.3 cm³/mol. The minimum atomic E-state index is -0.742. The normalized spacial score (nSPS) is 16.5. The molecule has 1 heterocycles. The van der Waals surface area contributed by atoms with Crippen molar-refractivity contribution < 1.29 is 14.4 Å². The maximum atomic E-state index is 12.7. The zero-order valence-electron chi connectivity index (χ0n) is 12.7. The van der Waals surface area contributed by atoms with Gasteiger partial charge in [0.25, 0.3) is 11.8 Å². The molecule has 1 N–H and O–H groups in total. The lowest BCUT2D eigenvalue weighted by molar-refractivity contribution is -0.122. The van der Waals surface area contributed by atoms with Gasteiger partial charge in [-0.2, -0.15) is 0 Å². The van der Waals surface area contributed by atoms with E-state index >= 15 is 0 Å². The molecule has 1 fully saturated rings. The van der Waals surface area contributed by atoms with E-state index < -0.39 is 17.8 Å². The van der Waals surface area contributed by atoms with E-state index in [-0.39, 0.29) is 5.57 Å². The lowest BCUT2D eigenvalue weighted by Crippen LogP contribution is -2.54. The van der Waals surface area contributed by atoms with Crippen molar-refractivity contribution >= 4 is 52.2 Å². The Morgan fingerprint density at radius 2 is 1.67 bits per heavy atom. The molecule has 5 nitrogen and oxygen atoms in total. The first-order chi connectivity index (χ1) is 11.5. The van der Waals surface area contributed by atoms with Crippen LogP contribution in [0.5, 0.6) is 0 Å². The number of carbonyl (C=O) groups excluding carboxylic acids is 3. The van der Waals surface area contributed by atoms with E-state index in [1.165, 1.54) is 6.08 Å². The number of amides is 4. The van der Waals surface area contributed by atoms with Gasteiger partial charge < -0.3 is 0 Å². The lowest BCUT2D eigenvalue weighted by Gasteiger charge is -2.26. The third kappa shape index (κ3) is 3.09. The van der Waals surface area contributed by atoms with Crippen LogP contribution < -0.4 is 10.2 Å². The van der Waals surface area contributed by atoms with Gasteiger partial charge in [0.1, 0.15) is 5.57 Å². The second-order valence-corrected chi connectivity index (χ2v) is 6.48. The van der Waals surface area contributed by atoms with Gasteiger partial charge in [0.2, 0.25) is 0 Å². The summed E-state index contributed by atoms with van der Waals surface area (Å²) in [5, 5.41) is 2.22. The molecule has 24 heavy (non-hydrogen) atoms. The van der Waals surface area contributed by atoms with E-state index in [1.54, 1.807) is 24.3 Å². The van der Waals surface area contributed by atoms with Crippen molar-refractivity contribution in [1.82, 2.24) is 5.32 Å². The number of hydrogen-bond acceptors (Lipinski definition) is 3. The number of barbiturate groups is 1. The number of hydrogen-bond donors (Lipinski definition) is 1. The topological polar surface area (TPSA) is 66.5 Å². The van der Waals surface area contributed by atoms with Gasteiger partial charge >= 0.3 is 6.03 Å². The van der Waals surface area contributed by atoms with E-state index in [0.29, 0.717) is 5.69 Å². The first kappa shape index (κ1) is 16.4. The van der Waals surface area contributed by atoms with Crippen molar-refractivity contribution in [2.24, 2.45) is 0 Å². The Balaban J connectivity index is 2.03. The zero-order valence-corrected chi connectivity index (χ0v) is 14.9. The van der Waals surface area contributed by atoms with Crippen LogP contribution in [0, 0.1) is 10.5 Å². The van der Waals surface area contributed by atoms with Gasteiger partial charge in [0, 0.05) is 3.57 Å². The summed E-state index contributed by atoms with van der Waals surface area (Å²) in [6.45, 7) is 1.91. The van der Waals surface area contributed by atoms with Crippen LogP contribution in [0.1, 0.15) is 11.1 Å². The molecule has 1 aliphatic heterocycles. The Kier molecular flexibility index (Phi) is 4.48. The molecule has 1 saturated heterocycles. The van der Waals surface area contributed by atoms with Crippen LogP contribution in [0.2, 0.25) is 0 Å². The Labute approximate surface area is 152 Å². The third-order valence-electron chi connectivity index (χ3n) is 3.60. The zero-order chi connectivity index (χ0) is 17.3. The second kappa shape index (κ2) is 6.56. The summed E-state index contributed by atoms with van der Waals surface area (Å²) < 4.78 is 0.905. The van der Waals surface area contributed by atoms with Gasteiger partial charge in [-0.3, -0.25) is 14.9 Å². The van der Waals surface area contributed by atoms with E-state index in [0.717, 1.165) is 19.6 Å². The minimum absolute atomic E-state index is 0.0701. The SMILES string of the molecule is Cc1ccc(N2C(=O)NC(=O)/C(=C\c3ccccc3I)C2=O)cc1. The highest BCUT2D eigenvalue weighted by atomic mass is 127. The van der Waals surface area contributed by atoms with Gasteiger partial charge in [0.15, 0.2) is 0 Å². The number of aryl methyl sites for hydroxylation is 1. The first-order valence-corrected chi connectivity index (χ1v) is 8.28. The highest BCUT2D eigenvalue weighted by Crippen LogP contribution is 2.23. The van der Waals surface area contributed by atoms with Crippen LogP contribution in [0.25, 0.3) is 6.08 Å². The van der Waals surface area contributed by atoms with Crippen LogP contribution in [-0.2, 0) is 9.59 Å². The summed E-state index contributed by atoms with van der Waals surface area (Å²) in [6, 6.07) is 13.6. The van der Waals surface area contributed by atoms with Crippen LogP contribution >= 0.6 is 22.6 Å². The van der Waals surface area contributed by atoms with Crippen molar-refractivity contribution in [3.05, 3.63) is 68.8 Å². The number of benzene rings is 2.